The van der Waals surface area contributed by atoms with Gasteiger partial charge >= 0.3 is 0 Å². The van der Waals surface area contributed by atoms with Gasteiger partial charge in [0.2, 0.25) is 0 Å². The molecule has 1 aromatic carbocycles. The van der Waals surface area contributed by atoms with Crippen molar-refractivity contribution in [3.05, 3.63) is 35.4 Å². The average Bonchev–Trinajstić information content (AvgIpc) is 3.11. The van der Waals surface area contributed by atoms with Gasteiger partial charge in [-0.25, -0.2) is 0 Å². The quantitative estimate of drug-likeness (QED) is 0.788. The summed E-state index contributed by atoms with van der Waals surface area (Å²) in [4.78, 5) is 2.34. The minimum Gasteiger partial charge on any atom is -0.310 e. The molecule has 0 unspecified atom stereocenters. The average molecular weight is 218 g/mol. The normalized spacial score (nSPS) is 15.7. The number of nitrogens with zero attached hydrogens (tertiary/aromatic N) is 1. The molecule has 1 aliphatic rings. The van der Waals surface area contributed by atoms with E-state index in [0.29, 0.717) is 0 Å². The van der Waals surface area contributed by atoms with Crippen LogP contribution in [0.1, 0.15) is 30.9 Å². The van der Waals surface area contributed by atoms with E-state index < -0.39 is 0 Å². The predicted molar refractivity (Wildman–Crippen MR) is 68.3 cm³/mol. The van der Waals surface area contributed by atoms with Crippen LogP contribution >= 0.6 is 0 Å². The van der Waals surface area contributed by atoms with Gasteiger partial charge in [0.25, 0.3) is 0 Å². The van der Waals surface area contributed by atoms with E-state index >= 15 is 0 Å². The Morgan fingerprint density at radius 2 is 1.94 bits per heavy atom. The second-order valence-electron chi connectivity index (χ2n) is 4.75. The van der Waals surface area contributed by atoms with Gasteiger partial charge in [0.05, 0.1) is 0 Å². The molecule has 88 valence electrons. The molecule has 1 fully saturated rings. The number of hydrogen-bond acceptors (Lipinski definition) is 2. The van der Waals surface area contributed by atoms with Gasteiger partial charge in [0, 0.05) is 19.1 Å². The van der Waals surface area contributed by atoms with Gasteiger partial charge in [-0.1, -0.05) is 31.2 Å². The van der Waals surface area contributed by atoms with Crippen molar-refractivity contribution in [2.45, 2.75) is 38.9 Å². The lowest BCUT2D eigenvalue weighted by atomic mass is 10.1. The summed E-state index contributed by atoms with van der Waals surface area (Å²) in [5, 5.41) is 3.59. The lowest BCUT2D eigenvalue weighted by Gasteiger charge is -2.17. The van der Waals surface area contributed by atoms with Gasteiger partial charge < -0.3 is 10.2 Å². The molecule has 1 aliphatic carbocycles. The molecule has 0 aromatic heterocycles. The summed E-state index contributed by atoms with van der Waals surface area (Å²) in [5.41, 5.74) is 2.91. The van der Waals surface area contributed by atoms with E-state index in [9.17, 15) is 0 Å². The fraction of sp³-hybridized carbons (Fsp3) is 0.571. The largest absolute Gasteiger partial charge is 0.310 e. The first-order chi connectivity index (χ1) is 7.79. The molecule has 0 radical (unpaired) electrons. The standard InChI is InChI=1S/C14H22N2/c1-3-16(2)11-13-7-5-4-6-12(13)10-15-14-8-9-14/h4-7,14-15H,3,8-11H2,1-2H3. The third-order valence-electron chi connectivity index (χ3n) is 3.26. The summed E-state index contributed by atoms with van der Waals surface area (Å²) >= 11 is 0. The van der Waals surface area contributed by atoms with Gasteiger partial charge in [0.1, 0.15) is 0 Å². The van der Waals surface area contributed by atoms with Crippen LogP contribution in [0.3, 0.4) is 0 Å². The molecule has 0 heterocycles. The highest BCUT2D eigenvalue weighted by Crippen LogP contribution is 2.20. The topological polar surface area (TPSA) is 15.3 Å². The lowest BCUT2D eigenvalue weighted by molar-refractivity contribution is 0.344. The highest BCUT2D eigenvalue weighted by atomic mass is 15.1. The van der Waals surface area contributed by atoms with Crippen LogP contribution in [0, 0.1) is 0 Å². The van der Waals surface area contributed by atoms with E-state index in [1.165, 1.54) is 24.0 Å². The molecule has 0 aliphatic heterocycles. The summed E-state index contributed by atoms with van der Waals surface area (Å²) in [6.45, 7) is 5.38. The molecule has 0 saturated heterocycles. The summed E-state index contributed by atoms with van der Waals surface area (Å²) < 4.78 is 0. The van der Waals surface area contributed by atoms with Crippen LogP contribution in [0.25, 0.3) is 0 Å². The van der Waals surface area contributed by atoms with E-state index in [2.05, 4.69) is 48.5 Å². The third kappa shape index (κ3) is 3.32. The molecule has 2 heteroatoms. The van der Waals surface area contributed by atoms with E-state index in [4.69, 9.17) is 0 Å². The van der Waals surface area contributed by atoms with Crippen LogP contribution in [-0.2, 0) is 13.1 Å². The zero-order valence-corrected chi connectivity index (χ0v) is 10.4. The van der Waals surface area contributed by atoms with Crippen molar-refractivity contribution in [3.63, 3.8) is 0 Å². The Balaban J connectivity index is 1.97. The fourth-order valence-corrected chi connectivity index (χ4v) is 1.83. The Kier molecular flexibility index (Phi) is 3.97. The van der Waals surface area contributed by atoms with Crippen LogP contribution < -0.4 is 5.32 Å². The van der Waals surface area contributed by atoms with Crippen LogP contribution in [0.15, 0.2) is 24.3 Å². The highest BCUT2D eigenvalue weighted by Gasteiger charge is 2.20. The second kappa shape index (κ2) is 5.46. The van der Waals surface area contributed by atoms with Crippen molar-refractivity contribution >= 4 is 0 Å². The van der Waals surface area contributed by atoms with E-state index in [1.807, 2.05) is 0 Å². The van der Waals surface area contributed by atoms with Crippen LogP contribution in [0.5, 0.6) is 0 Å². The minimum absolute atomic E-state index is 0.789. The molecule has 0 amide bonds. The number of nitrogens with one attached hydrogen (secondary N) is 1. The molecule has 0 spiro atoms. The smallest absolute Gasteiger partial charge is 0.0233 e. The van der Waals surface area contributed by atoms with E-state index in [0.717, 1.165) is 25.7 Å². The van der Waals surface area contributed by atoms with Crippen molar-refractivity contribution in [1.82, 2.24) is 10.2 Å². The van der Waals surface area contributed by atoms with E-state index in [1.54, 1.807) is 0 Å². The molecule has 2 nitrogen and oxygen atoms in total. The Morgan fingerprint density at radius 1 is 1.25 bits per heavy atom. The Bertz CT molecular complexity index is 331. The predicted octanol–water partition coefficient (Wildman–Crippen LogP) is 2.39. The van der Waals surface area contributed by atoms with Crippen molar-refractivity contribution in [2.24, 2.45) is 0 Å². The second-order valence-corrected chi connectivity index (χ2v) is 4.75. The molecule has 1 aromatic rings. The zero-order valence-electron chi connectivity index (χ0n) is 10.4. The maximum absolute atomic E-state index is 3.59. The Morgan fingerprint density at radius 3 is 2.56 bits per heavy atom. The van der Waals surface area contributed by atoms with Crippen LogP contribution in [-0.4, -0.2) is 24.5 Å². The molecule has 2 rings (SSSR count). The molecule has 16 heavy (non-hydrogen) atoms. The molecule has 0 bridgehead atoms. The first-order valence-corrected chi connectivity index (χ1v) is 6.28. The fourth-order valence-electron chi connectivity index (χ4n) is 1.83. The number of hydrogen-bond donors (Lipinski definition) is 1. The monoisotopic (exact) mass is 218 g/mol. The third-order valence-corrected chi connectivity index (χ3v) is 3.26. The summed E-state index contributed by atoms with van der Waals surface area (Å²) in [6.07, 6.45) is 2.72. The zero-order chi connectivity index (χ0) is 11.4. The molecular weight excluding hydrogens is 196 g/mol. The van der Waals surface area contributed by atoms with Gasteiger partial charge in [-0.2, -0.15) is 0 Å². The maximum atomic E-state index is 3.59. The van der Waals surface area contributed by atoms with Crippen molar-refractivity contribution in [1.29, 1.82) is 0 Å². The summed E-state index contributed by atoms with van der Waals surface area (Å²) in [6, 6.07) is 9.56. The first-order valence-electron chi connectivity index (χ1n) is 6.28. The van der Waals surface area contributed by atoms with Crippen molar-refractivity contribution < 1.29 is 0 Å². The van der Waals surface area contributed by atoms with E-state index in [-0.39, 0.29) is 0 Å². The summed E-state index contributed by atoms with van der Waals surface area (Å²) in [7, 11) is 2.17. The van der Waals surface area contributed by atoms with Crippen molar-refractivity contribution in [2.75, 3.05) is 13.6 Å². The minimum atomic E-state index is 0.789. The lowest BCUT2D eigenvalue weighted by Crippen LogP contribution is -2.20. The molecular formula is C14H22N2. The molecule has 0 atom stereocenters. The highest BCUT2D eigenvalue weighted by molar-refractivity contribution is 5.27. The van der Waals surface area contributed by atoms with Crippen LogP contribution in [0.2, 0.25) is 0 Å². The SMILES string of the molecule is CCN(C)Cc1ccccc1CNC1CC1. The first kappa shape index (κ1) is 11.6. The van der Waals surface area contributed by atoms with Gasteiger partial charge in [-0.05, 0) is 37.6 Å². The molecule has 1 N–H and O–H groups in total. The molecule has 1 saturated carbocycles. The number of rotatable bonds is 6. The van der Waals surface area contributed by atoms with Gasteiger partial charge in [0.15, 0.2) is 0 Å². The number of benzene rings is 1. The summed E-state index contributed by atoms with van der Waals surface area (Å²) in [5.74, 6) is 0. The van der Waals surface area contributed by atoms with Crippen LogP contribution in [0.4, 0.5) is 0 Å². The van der Waals surface area contributed by atoms with Gasteiger partial charge in [-0.3, -0.25) is 0 Å². The maximum Gasteiger partial charge on any atom is 0.0233 e. The Hall–Kier alpha value is -0.860. The van der Waals surface area contributed by atoms with Crippen molar-refractivity contribution in [3.8, 4) is 0 Å². The Labute approximate surface area is 98.7 Å². The van der Waals surface area contributed by atoms with Gasteiger partial charge in [-0.15, -0.1) is 0 Å².